The number of carbonyl (C=O) groups is 2. The van der Waals surface area contributed by atoms with Crippen molar-refractivity contribution in [2.45, 2.75) is 51.1 Å². The molecule has 2 fully saturated rings. The van der Waals surface area contributed by atoms with E-state index in [0.29, 0.717) is 12.3 Å². The third-order valence-corrected chi connectivity index (χ3v) is 4.46. The number of amides is 1. The van der Waals surface area contributed by atoms with Gasteiger partial charge in [-0.15, -0.1) is 6.58 Å². The summed E-state index contributed by atoms with van der Waals surface area (Å²) in [5.41, 5.74) is 0. The van der Waals surface area contributed by atoms with Gasteiger partial charge in [-0.2, -0.15) is 0 Å². The Bertz CT molecular complexity index is 367. The molecule has 1 saturated carbocycles. The predicted octanol–water partition coefficient (Wildman–Crippen LogP) is 1.51. The molecule has 106 valence electrons. The van der Waals surface area contributed by atoms with Gasteiger partial charge < -0.3 is 5.32 Å². The average molecular weight is 264 g/mol. The average Bonchev–Trinajstić information content (AvgIpc) is 3.02. The maximum atomic E-state index is 12.0. The minimum Gasteiger partial charge on any atom is -0.351 e. The van der Waals surface area contributed by atoms with Crippen molar-refractivity contribution in [2.75, 3.05) is 13.1 Å². The largest absolute Gasteiger partial charge is 0.351 e. The van der Waals surface area contributed by atoms with E-state index in [0.717, 1.165) is 38.6 Å². The fourth-order valence-corrected chi connectivity index (χ4v) is 3.45. The van der Waals surface area contributed by atoms with Crippen LogP contribution in [0.5, 0.6) is 0 Å². The highest BCUT2D eigenvalue weighted by molar-refractivity contribution is 5.84. The van der Waals surface area contributed by atoms with Crippen LogP contribution < -0.4 is 5.32 Å². The lowest BCUT2D eigenvalue weighted by Gasteiger charge is -2.32. The van der Waals surface area contributed by atoms with Crippen molar-refractivity contribution in [2.24, 2.45) is 5.92 Å². The monoisotopic (exact) mass is 264 g/mol. The van der Waals surface area contributed by atoms with E-state index in [1.54, 1.807) is 6.08 Å². The first-order valence-electron chi connectivity index (χ1n) is 7.32. The van der Waals surface area contributed by atoms with Gasteiger partial charge in [0.1, 0.15) is 5.78 Å². The highest BCUT2D eigenvalue weighted by Crippen LogP contribution is 2.34. The Kier molecular flexibility index (Phi) is 4.75. The molecule has 4 nitrogen and oxygen atoms in total. The van der Waals surface area contributed by atoms with Crippen molar-refractivity contribution in [3.8, 4) is 0 Å². The third kappa shape index (κ3) is 3.06. The molecule has 1 heterocycles. The van der Waals surface area contributed by atoms with Gasteiger partial charge in [-0.25, -0.2) is 0 Å². The normalized spacial score (nSPS) is 29.4. The Hall–Kier alpha value is -1.16. The topological polar surface area (TPSA) is 49.4 Å². The number of likely N-dealkylation sites (tertiary alicyclic amines) is 1. The fraction of sp³-hybridized carbons (Fsp3) is 0.733. The van der Waals surface area contributed by atoms with Gasteiger partial charge in [0.2, 0.25) is 5.91 Å². The Balaban J connectivity index is 1.99. The second-order valence-corrected chi connectivity index (χ2v) is 5.62. The zero-order chi connectivity index (χ0) is 13.8. The van der Waals surface area contributed by atoms with Crippen LogP contribution in [0.15, 0.2) is 12.7 Å². The quantitative estimate of drug-likeness (QED) is 0.766. The lowest BCUT2D eigenvalue weighted by atomic mass is 9.94. The number of carbonyl (C=O) groups excluding carboxylic acids is 2. The molecule has 0 aromatic heterocycles. The van der Waals surface area contributed by atoms with E-state index in [-0.39, 0.29) is 23.9 Å². The highest BCUT2D eigenvalue weighted by atomic mass is 16.2. The van der Waals surface area contributed by atoms with E-state index >= 15 is 0 Å². The summed E-state index contributed by atoms with van der Waals surface area (Å²) in [6.45, 7) is 6.98. The standard InChI is InChI=1S/C15H24N2O2/c1-3-9-16-15(19)11(2)17-10-5-7-13(17)12-6-4-8-14(12)18/h3,11-13H,1,4-10H2,2H3,(H,16,19). The molecule has 1 aliphatic heterocycles. The van der Waals surface area contributed by atoms with Crippen LogP contribution >= 0.6 is 0 Å². The van der Waals surface area contributed by atoms with Crippen molar-refractivity contribution < 1.29 is 9.59 Å². The van der Waals surface area contributed by atoms with Gasteiger partial charge in [-0.1, -0.05) is 6.08 Å². The zero-order valence-corrected chi connectivity index (χ0v) is 11.7. The first-order valence-corrected chi connectivity index (χ1v) is 7.32. The molecule has 3 atom stereocenters. The molecule has 0 aromatic rings. The molecular formula is C15H24N2O2. The van der Waals surface area contributed by atoms with Crippen LogP contribution in [-0.4, -0.2) is 41.8 Å². The number of nitrogens with one attached hydrogen (secondary N) is 1. The van der Waals surface area contributed by atoms with Crippen LogP contribution in [0.2, 0.25) is 0 Å². The van der Waals surface area contributed by atoms with Gasteiger partial charge in [0.25, 0.3) is 0 Å². The lowest BCUT2D eigenvalue weighted by molar-refractivity contribution is -0.128. The van der Waals surface area contributed by atoms with Gasteiger partial charge in [0, 0.05) is 24.9 Å². The second kappa shape index (κ2) is 6.33. The first kappa shape index (κ1) is 14.3. The van der Waals surface area contributed by atoms with E-state index in [9.17, 15) is 9.59 Å². The number of nitrogens with zero attached hydrogens (tertiary/aromatic N) is 1. The Morgan fingerprint density at radius 1 is 1.53 bits per heavy atom. The molecule has 1 amide bonds. The molecule has 4 heteroatoms. The third-order valence-electron chi connectivity index (χ3n) is 4.46. The summed E-state index contributed by atoms with van der Waals surface area (Å²) in [6, 6.07) is 0.125. The second-order valence-electron chi connectivity index (χ2n) is 5.62. The van der Waals surface area contributed by atoms with E-state index in [2.05, 4.69) is 16.8 Å². The summed E-state index contributed by atoms with van der Waals surface area (Å²) in [5.74, 6) is 0.602. The Morgan fingerprint density at radius 3 is 2.95 bits per heavy atom. The minimum atomic E-state index is -0.152. The Labute approximate surface area is 115 Å². The number of rotatable bonds is 5. The summed E-state index contributed by atoms with van der Waals surface area (Å²) in [7, 11) is 0. The van der Waals surface area contributed by atoms with E-state index in [1.807, 2.05) is 6.92 Å². The molecule has 3 unspecified atom stereocenters. The van der Waals surface area contributed by atoms with Crippen LogP contribution in [0, 0.1) is 5.92 Å². The van der Waals surface area contributed by atoms with E-state index in [4.69, 9.17) is 0 Å². The molecule has 1 saturated heterocycles. The summed E-state index contributed by atoms with van der Waals surface area (Å²) >= 11 is 0. The van der Waals surface area contributed by atoms with Gasteiger partial charge in [0.15, 0.2) is 0 Å². The molecule has 0 bridgehead atoms. The van der Waals surface area contributed by atoms with Crippen molar-refractivity contribution in [1.29, 1.82) is 0 Å². The zero-order valence-electron chi connectivity index (χ0n) is 11.7. The van der Waals surface area contributed by atoms with Gasteiger partial charge in [-0.3, -0.25) is 14.5 Å². The van der Waals surface area contributed by atoms with Gasteiger partial charge in [-0.05, 0) is 39.2 Å². The molecule has 2 rings (SSSR count). The predicted molar refractivity (Wildman–Crippen MR) is 74.7 cm³/mol. The van der Waals surface area contributed by atoms with Gasteiger partial charge >= 0.3 is 0 Å². The van der Waals surface area contributed by atoms with Crippen molar-refractivity contribution in [3.05, 3.63) is 12.7 Å². The molecule has 1 N–H and O–H groups in total. The van der Waals surface area contributed by atoms with E-state index < -0.39 is 0 Å². The number of Topliss-reactive ketones (excluding diaryl/α,β-unsaturated/α-hetero) is 1. The van der Waals surface area contributed by atoms with Crippen LogP contribution in [0.25, 0.3) is 0 Å². The minimum absolute atomic E-state index is 0.0391. The summed E-state index contributed by atoms with van der Waals surface area (Å²) in [4.78, 5) is 26.2. The first-order chi connectivity index (χ1) is 9.15. The van der Waals surface area contributed by atoms with Crippen LogP contribution in [0.4, 0.5) is 0 Å². The smallest absolute Gasteiger partial charge is 0.237 e. The van der Waals surface area contributed by atoms with Crippen LogP contribution in [-0.2, 0) is 9.59 Å². The van der Waals surface area contributed by atoms with E-state index in [1.165, 1.54) is 0 Å². The molecule has 0 spiro atoms. The molecule has 0 aromatic carbocycles. The van der Waals surface area contributed by atoms with Crippen molar-refractivity contribution in [3.63, 3.8) is 0 Å². The molecular weight excluding hydrogens is 240 g/mol. The Morgan fingerprint density at radius 2 is 2.32 bits per heavy atom. The van der Waals surface area contributed by atoms with Crippen LogP contribution in [0.1, 0.15) is 39.0 Å². The van der Waals surface area contributed by atoms with Gasteiger partial charge in [0.05, 0.1) is 6.04 Å². The maximum absolute atomic E-state index is 12.0. The lowest BCUT2D eigenvalue weighted by Crippen LogP contribution is -2.49. The molecule has 1 aliphatic carbocycles. The van der Waals surface area contributed by atoms with Crippen LogP contribution in [0.3, 0.4) is 0 Å². The maximum Gasteiger partial charge on any atom is 0.237 e. The molecule has 0 radical (unpaired) electrons. The van der Waals surface area contributed by atoms with Crippen molar-refractivity contribution in [1.82, 2.24) is 10.2 Å². The summed E-state index contributed by atoms with van der Waals surface area (Å²) in [5, 5.41) is 2.85. The highest BCUT2D eigenvalue weighted by Gasteiger charge is 2.40. The molecule has 19 heavy (non-hydrogen) atoms. The summed E-state index contributed by atoms with van der Waals surface area (Å²) in [6.07, 6.45) is 6.58. The molecule has 2 aliphatic rings. The number of hydrogen-bond acceptors (Lipinski definition) is 3. The number of hydrogen-bond donors (Lipinski definition) is 1. The number of ketones is 1. The fourth-order valence-electron chi connectivity index (χ4n) is 3.45. The van der Waals surface area contributed by atoms with Crippen molar-refractivity contribution >= 4 is 11.7 Å². The SMILES string of the molecule is C=CCNC(=O)C(C)N1CCCC1C1CCCC1=O. The summed E-state index contributed by atoms with van der Waals surface area (Å²) < 4.78 is 0.